The van der Waals surface area contributed by atoms with Crippen LogP contribution in [0, 0.1) is 10.1 Å². The highest BCUT2D eigenvalue weighted by Crippen LogP contribution is 2.47. The van der Waals surface area contributed by atoms with Crippen LogP contribution in [0.15, 0.2) is 59.0 Å². The molecule has 0 spiro atoms. The minimum absolute atomic E-state index is 0.0325. The first-order valence-corrected chi connectivity index (χ1v) is 9.76. The van der Waals surface area contributed by atoms with Crippen molar-refractivity contribution in [2.24, 2.45) is 0 Å². The molecule has 28 heavy (non-hydrogen) atoms. The quantitative estimate of drug-likeness (QED) is 0.341. The molecule has 0 atom stereocenters. The van der Waals surface area contributed by atoms with Gasteiger partial charge in [0.25, 0.3) is 5.69 Å². The number of nitro groups is 1. The van der Waals surface area contributed by atoms with E-state index in [9.17, 15) is 14.7 Å². The standard InChI is InChI=1S/C18H18N3O6P/c1-25-28(24,26-2)18-17(19-12-13-7-4-3-5-8-13)27-16(20-18)14-9-6-10-15(11-14)21(22)23/h3-11,19H,12H2,1-2H3. The van der Waals surface area contributed by atoms with Crippen molar-refractivity contribution in [1.82, 2.24) is 4.98 Å². The van der Waals surface area contributed by atoms with Crippen LogP contribution in [0.4, 0.5) is 11.6 Å². The second kappa shape index (κ2) is 8.35. The molecule has 0 aliphatic rings. The van der Waals surface area contributed by atoms with Crippen LogP contribution in [0.5, 0.6) is 0 Å². The van der Waals surface area contributed by atoms with E-state index in [1.807, 2.05) is 30.3 Å². The number of oxazole rings is 1. The summed E-state index contributed by atoms with van der Waals surface area (Å²) >= 11 is 0. The van der Waals surface area contributed by atoms with E-state index in [-0.39, 0.29) is 22.9 Å². The van der Waals surface area contributed by atoms with Crippen LogP contribution < -0.4 is 10.8 Å². The number of nitrogens with one attached hydrogen (secondary N) is 1. The van der Waals surface area contributed by atoms with Crippen LogP contribution in [-0.2, 0) is 20.2 Å². The predicted octanol–water partition coefficient (Wildman–Crippen LogP) is 3.97. The third-order valence-corrected chi connectivity index (χ3v) is 5.73. The maximum atomic E-state index is 12.9. The summed E-state index contributed by atoms with van der Waals surface area (Å²) in [7, 11) is -1.24. The van der Waals surface area contributed by atoms with Crippen molar-refractivity contribution < 1.29 is 23.0 Å². The number of rotatable bonds is 8. The molecular weight excluding hydrogens is 385 g/mol. The highest BCUT2D eigenvalue weighted by molar-refractivity contribution is 7.62. The zero-order valence-electron chi connectivity index (χ0n) is 15.2. The average Bonchev–Trinajstić information content (AvgIpc) is 3.17. The normalized spacial score (nSPS) is 11.4. The Hall–Kier alpha value is -3.00. The molecule has 146 valence electrons. The molecular formula is C18H18N3O6P. The lowest BCUT2D eigenvalue weighted by Gasteiger charge is -2.12. The van der Waals surface area contributed by atoms with Gasteiger partial charge in [0.2, 0.25) is 17.2 Å². The molecule has 1 N–H and O–H groups in total. The molecule has 9 nitrogen and oxygen atoms in total. The molecule has 1 heterocycles. The average molecular weight is 403 g/mol. The maximum absolute atomic E-state index is 12.9. The first-order chi connectivity index (χ1) is 13.5. The first-order valence-electron chi connectivity index (χ1n) is 8.22. The zero-order chi connectivity index (χ0) is 20.1. The van der Waals surface area contributed by atoms with Gasteiger partial charge < -0.3 is 18.8 Å². The van der Waals surface area contributed by atoms with E-state index in [0.717, 1.165) is 5.56 Å². The number of nitro benzene ring substituents is 1. The van der Waals surface area contributed by atoms with E-state index in [0.29, 0.717) is 12.1 Å². The Morgan fingerprint density at radius 3 is 2.50 bits per heavy atom. The highest BCUT2D eigenvalue weighted by Gasteiger charge is 2.34. The van der Waals surface area contributed by atoms with Crippen molar-refractivity contribution >= 4 is 24.6 Å². The van der Waals surface area contributed by atoms with Crippen LogP contribution in [0.3, 0.4) is 0 Å². The number of hydrogen-bond donors (Lipinski definition) is 1. The molecule has 0 aliphatic heterocycles. The summed E-state index contributed by atoms with van der Waals surface area (Å²) in [5.74, 6) is 0.168. The van der Waals surface area contributed by atoms with E-state index < -0.39 is 12.5 Å². The number of nitrogens with zero attached hydrogens (tertiary/aromatic N) is 2. The van der Waals surface area contributed by atoms with Crippen LogP contribution in [0.25, 0.3) is 11.5 Å². The lowest BCUT2D eigenvalue weighted by Crippen LogP contribution is -2.14. The van der Waals surface area contributed by atoms with Gasteiger partial charge in [0.15, 0.2) is 0 Å². The third kappa shape index (κ3) is 4.12. The van der Waals surface area contributed by atoms with Gasteiger partial charge in [-0.2, -0.15) is 4.98 Å². The molecule has 0 radical (unpaired) electrons. The van der Waals surface area contributed by atoms with E-state index >= 15 is 0 Å². The summed E-state index contributed by atoms with van der Waals surface area (Å²) in [4.78, 5) is 14.8. The van der Waals surface area contributed by atoms with Crippen molar-refractivity contribution in [2.45, 2.75) is 6.54 Å². The van der Waals surface area contributed by atoms with Gasteiger partial charge >= 0.3 is 7.60 Å². The first kappa shape index (κ1) is 19.8. The van der Waals surface area contributed by atoms with Crippen molar-refractivity contribution in [3.05, 3.63) is 70.3 Å². The number of anilines is 1. The predicted molar refractivity (Wildman–Crippen MR) is 104 cm³/mol. The Bertz CT molecular complexity index is 1010. The number of non-ortho nitro benzene ring substituents is 1. The van der Waals surface area contributed by atoms with Crippen molar-refractivity contribution in [1.29, 1.82) is 0 Å². The highest BCUT2D eigenvalue weighted by atomic mass is 31.2. The van der Waals surface area contributed by atoms with Gasteiger partial charge in [0, 0.05) is 38.5 Å². The van der Waals surface area contributed by atoms with Crippen molar-refractivity contribution in [3.63, 3.8) is 0 Å². The fraction of sp³-hybridized carbons (Fsp3) is 0.167. The summed E-state index contributed by atoms with van der Waals surface area (Å²) in [5.41, 5.74) is 1.18. The molecule has 0 bridgehead atoms. The fourth-order valence-electron chi connectivity index (χ4n) is 2.51. The summed E-state index contributed by atoms with van der Waals surface area (Å²) in [6, 6.07) is 15.3. The Morgan fingerprint density at radius 1 is 1.14 bits per heavy atom. The molecule has 0 amide bonds. The lowest BCUT2D eigenvalue weighted by molar-refractivity contribution is -0.384. The van der Waals surface area contributed by atoms with Gasteiger partial charge in [-0.3, -0.25) is 14.7 Å². The van der Waals surface area contributed by atoms with Gasteiger partial charge in [-0.1, -0.05) is 36.4 Å². The van der Waals surface area contributed by atoms with Gasteiger partial charge in [-0.05, 0) is 11.6 Å². The van der Waals surface area contributed by atoms with Crippen molar-refractivity contribution in [3.8, 4) is 11.5 Å². The molecule has 1 aromatic heterocycles. The summed E-state index contributed by atoms with van der Waals surface area (Å²) in [5, 5.41) is 14.1. The fourth-order valence-corrected chi connectivity index (χ4v) is 3.60. The Kier molecular flexibility index (Phi) is 5.89. The van der Waals surface area contributed by atoms with Crippen molar-refractivity contribution in [2.75, 3.05) is 19.5 Å². The molecule has 3 rings (SSSR count). The van der Waals surface area contributed by atoms with E-state index in [4.69, 9.17) is 13.5 Å². The smallest absolute Gasteiger partial charge is 0.384 e. The van der Waals surface area contributed by atoms with Gasteiger partial charge in [-0.25, -0.2) is 0 Å². The number of hydrogen-bond acceptors (Lipinski definition) is 8. The van der Waals surface area contributed by atoms with Gasteiger partial charge in [0.05, 0.1) is 4.92 Å². The lowest BCUT2D eigenvalue weighted by atomic mass is 10.2. The molecule has 0 aliphatic carbocycles. The Morgan fingerprint density at radius 2 is 1.86 bits per heavy atom. The largest absolute Gasteiger partial charge is 0.420 e. The summed E-state index contributed by atoms with van der Waals surface area (Å²) in [6.07, 6.45) is 0. The van der Waals surface area contributed by atoms with Crippen LogP contribution in [0.2, 0.25) is 0 Å². The number of aromatic nitrogens is 1. The van der Waals surface area contributed by atoms with E-state index in [1.54, 1.807) is 6.07 Å². The van der Waals surface area contributed by atoms with Crippen LogP contribution >= 0.6 is 7.60 Å². The monoisotopic (exact) mass is 403 g/mol. The Labute approximate surface area is 161 Å². The Balaban J connectivity index is 2.01. The van der Waals surface area contributed by atoms with E-state index in [2.05, 4.69) is 10.3 Å². The second-order valence-electron chi connectivity index (χ2n) is 5.68. The molecule has 0 fully saturated rings. The van der Waals surface area contributed by atoms with Crippen LogP contribution in [-0.4, -0.2) is 24.1 Å². The minimum atomic E-state index is -3.72. The molecule has 3 aromatic rings. The molecule has 0 unspecified atom stereocenters. The van der Waals surface area contributed by atoms with E-state index in [1.165, 1.54) is 32.4 Å². The topological polar surface area (TPSA) is 117 Å². The molecule has 2 aromatic carbocycles. The third-order valence-electron chi connectivity index (χ3n) is 3.95. The summed E-state index contributed by atoms with van der Waals surface area (Å²) < 4.78 is 28.7. The molecule has 0 saturated heterocycles. The summed E-state index contributed by atoms with van der Waals surface area (Å²) in [6.45, 7) is 0.380. The maximum Gasteiger partial charge on any atom is 0.384 e. The SMILES string of the molecule is COP(=O)(OC)c1nc(-c2cccc([N+](=O)[O-])c2)oc1NCc1ccccc1. The van der Waals surface area contributed by atoms with Gasteiger partial charge in [-0.15, -0.1) is 0 Å². The number of benzene rings is 2. The van der Waals surface area contributed by atoms with Gasteiger partial charge in [0.1, 0.15) is 0 Å². The second-order valence-corrected chi connectivity index (χ2v) is 7.83. The molecule has 0 saturated carbocycles. The van der Waals surface area contributed by atoms with Crippen LogP contribution in [0.1, 0.15) is 5.56 Å². The molecule has 10 heteroatoms. The minimum Gasteiger partial charge on any atom is -0.420 e. The zero-order valence-corrected chi connectivity index (χ0v) is 16.1.